The first-order valence-corrected chi connectivity index (χ1v) is 12.5. The van der Waals surface area contributed by atoms with Gasteiger partial charge in [-0.2, -0.15) is 0 Å². The summed E-state index contributed by atoms with van der Waals surface area (Å²) in [6, 6.07) is 8.72. The van der Waals surface area contributed by atoms with E-state index in [1.807, 2.05) is 0 Å². The molecule has 0 spiro atoms. The van der Waals surface area contributed by atoms with Crippen LogP contribution in [0.4, 0.5) is 11.4 Å². The molecule has 0 atom stereocenters. The van der Waals surface area contributed by atoms with Crippen molar-refractivity contribution < 1.29 is 19.7 Å². The van der Waals surface area contributed by atoms with Gasteiger partial charge in [-0.05, 0) is 51.0 Å². The Balaban J connectivity index is 0.000000492. The number of alkyl halides is 3. The molecule has 0 amide bonds. The lowest BCUT2D eigenvalue weighted by Crippen LogP contribution is -1.98. The summed E-state index contributed by atoms with van der Waals surface area (Å²) in [4.78, 5) is 19.9. The minimum Gasteiger partial charge on any atom is -0.508 e. The molecule has 0 aromatic heterocycles. The van der Waals surface area contributed by atoms with Crippen LogP contribution in [0.3, 0.4) is 0 Å². The summed E-state index contributed by atoms with van der Waals surface area (Å²) >= 11 is 9.86. The van der Waals surface area contributed by atoms with E-state index in [2.05, 4.69) is 47.8 Å². The van der Waals surface area contributed by atoms with Gasteiger partial charge in [0.15, 0.2) is 0 Å². The number of nitro benzene ring substituents is 2. The first kappa shape index (κ1) is 29.3. The summed E-state index contributed by atoms with van der Waals surface area (Å²) in [5.74, 6) is 0.729. The highest BCUT2D eigenvalue weighted by atomic mass is 79.9. The maximum absolute atomic E-state index is 10.6. The monoisotopic (exact) mass is 626 g/mol. The van der Waals surface area contributed by atoms with Crippen LogP contribution in [0, 0.1) is 34.1 Å². The molecule has 0 aliphatic carbocycles. The highest BCUT2D eigenvalue weighted by Crippen LogP contribution is 2.23. The van der Waals surface area contributed by atoms with Crippen molar-refractivity contribution in [3.8, 4) is 11.5 Å². The zero-order chi connectivity index (χ0) is 23.8. The smallest absolute Gasteiger partial charge is 0.272 e. The fourth-order valence-electron chi connectivity index (χ4n) is 2.06. The Hall–Kier alpha value is -1.72. The van der Waals surface area contributed by atoms with E-state index in [9.17, 15) is 20.2 Å². The van der Waals surface area contributed by atoms with Crippen molar-refractivity contribution in [2.24, 2.45) is 0 Å². The second-order valence-electron chi connectivity index (χ2n) is 6.06. The average Bonchev–Trinajstić information content (AvgIpc) is 2.69. The summed E-state index contributed by atoms with van der Waals surface area (Å²) in [7, 11) is 0. The molecule has 0 aliphatic rings. The van der Waals surface area contributed by atoms with Gasteiger partial charge in [0, 0.05) is 39.2 Å². The minimum atomic E-state index is -0.477. The van der Waals surface area contributed by atoms with Gasteiger partial charge in [-0.25, -0.2) is 0 Å². The number of rotatable bonds is 8. The molecule has 0 saturated carbocycles. The third kappa shape index (κ3) is 12.7. The molecule has 31 heavy (non-hydrogen) atoms. The van der Waals surface area contributed by atoms with Crippen molar-refractivity contribution >= 4 is 59.2 Å². The predicted molar refractivity (Wildman–Crippen MR) is 133 cm³/mol. The van der Waals surface area contributed by atoms with Crippen LogP contribution in [-0.2, 0) is 0 Å². The zero-order valence-corrected chi connectivity index (χ0v) is 22.0. The van der Waals surface area contributed by atoms with E-state index in [1.165, 1.54) is 30.7 Å². The predicted octanol–water partition coefficient (Wildman–Crippen LogP) is 6.84. The van der Waals surface area contributed by atoms with Crippen molar-refractivity contribution in [2.75, 3.05) is 22.6 Å². The van der Waals surface area contributed by atoms with Crippen LogP contribution in [-0.4, -0.2) is 37.6 Å². The van der Waals surface area contributed by atoms with Crippen LogP contribution in [0.2, 0.25) is 0 Å². The van der Waals surface area contributed by atoms with Gasteiger partial charge in [-0.15, -0.1) is 0 Å². The summed E-state index contributed by atoms with van der Waals surface area (Å²) in [6.07, 6.45) is 2.13. The first-order valence-electron chi connectivity index (χ1n) is 9.17. The standard InChI is InChI=1S/C10H12BrNO3.C7H7NO3.C3H6Br2/c1-8-7-9(15-6-2-5-11)3-4-10(8)12(13)14;1-5-4-6(9)2-3-7(5)8(10)11;4-2-1-3-5/h3-4,7H,2,5-6H2,1H3;2-4,9H,1H3;1-3H2. The summed E-state index contributed by atoms with van der Waals surface area (Å²) < 4.78 is 5.41. The molecule has 8 nitrogen and oxygen atoms in total. The number of hydrogen-bond donors (Lipinski definition) is 1. The van der Waals surface area contributed by atoms with E-state index < -0.39 is 9.85 Å². The van der Waals surface area contributed by atoms with Gasteiger partial charge in [0.1, 0.15) is 11.5 Å². The molecule has 0 unspecified atom stereocenters. The number of benzene rings is 2. The Morgan fingerprint density at radius 3 is 1.71 bits per heavy atom. The molecule has 172 valence electrons. The van der Waals surface area contributed by atoms with Crippen LogP contribution in [0.15, 0.2) is 36.4 Å². The second-order valence-corrected chi connectivity index (χ2v) is 8.43. The molecule has 2 aromatic carbocycles. The second kappa shape index (κ2) is 16.9. The first-order chi connectivity index (χ1) is 14.7. The van der Waals surface area contributed by atoms with Gasteiger partial charge in [0.25, 0.3) is 11.4 Å². The van der Waals surface area contributed by atoms with Crippen molar-refractivity contribution in [3.63, 3.8) is 0 Å². The van der Waals surface area contributed by atoms with Crippen LogP contribution < -0.4 is 4.74 Å². The molecular formula is C20H25Br3N2O6. The van der Waals surface area contributed by atoms with Crippen LogP contribution >= 0.6 is 47.8 Å². The quantitative estimate of drug-likeness (QED) is 0.148. The number of nitro groups is 2. The third-order valence-electron chi connectivity index (χ3n) is 3.56. The molecule has 0 bridgehead atoms. The Kier molecular flexibility index (Phi) is 16.0. The van der Waals surface area contributed by atoms with Crippen LogP contribution in [0.1, 0.15) is 24.0 Å². The number of halogens is 3. The Morgan fingerprint density at radius 2 is 1.32 bits per heavy atom. The average molecular weight is 629 g/mol. The van der Waals surface area contributed by atoms with Gasteiger partial charge in [0.2, 0.25) is 0 Å². The van der Waals surface area contributed by atoms with Crippen molar-refractivity contribution in [2.45, 2.75) is 26.7 Å². The molecule has 1 N–H and O–H groups in total. The lowest BCUT2D eigenvalue weighted by atomic mass is 10.2. The lowest BCUT2D eigenvalue weighted by Gasteiger charge is -2.05. The molecule has 0 heterocycles. The Labute approximate surface area is 206 Å². The largest absolute Gasteiger partial charge is 0.508 e. The highest BCUT2D eigenvalue weighted by Gasteiger charge is 2.10. The maximum Gasteiger partial charge on any atom is 0.272 e. The normalized spacial score (nSPS) is 9.58. The molecule has 0 saturated heterocycles. The van der Waals surface area contributed by atoms with Gasteiger partial charge in [-0.3, -0.25) is 20.2 Å². The van der Waals surface area contributed by atoms with Crippen molar-refractivity contribution in [3.05, 3.63) is 67.8 Å². The van der Waals surface area contributed by atoms with Gasteiger partial charge < -0.3 is 9.84 Å². The minimum absolute atomic E-state index is 0.0304. The molecule has 2 rings (SSSR count). The molecule has 0 fully saturated rings. The van der Waals surface area contributed by atoms with E-state index in [-0.39, 0.29) is 17.1 Å². The maximum atomic E-state index is 10.6. The van der Waals surface area contributed by atoms with E-state index >= 15 is 0 Å². The summed E-state index contributed by atoms with van der Waals surface area (Å²) in [5.41, 5.74) is 1.25. The summed E-state index contributed by atoms with van der Waals surface area (Å²) in [5, 5.41) is 32.8. The fourth-order valence-corrected chi connectivity index (χ4v) is 3.60. The molecule has 0 aliphatic heterocycles. The SMILES string of the molecule is BrCCCBr.Cc1cc(O)ccc1[N+](=O)[O-].Cc1cc(OCCCBr)ccc1[N+](=O)[O-]. The van der Waals surface area contributed by atoms with E-state index in [0.29, 0.717) is 23.5 Å². The van der Waals surface area contributed by atoms with Crippen LogP contribution in [0.25, 0.3) is 0 Å². The molecule has 0 radical (unpaired) electrons. The molecule has 2 aromatic rings. The fraction of sp³-hybridized carbons (Fsp3) is 0.400. The van der Waals surface area contributed by atoms with E-state index in [1.54, 1.807) is 26.0 Å². The van der Waals surface area contributed by atoms with Gasteiger partial charge >= 0.3 is 0 Å². The topological polar surface area (TPSA) is 116 Å². The van der Waals surface area contributed by atoms with Crippen molar-refractivity contribution in [1.29, 1.82) is 0 Å². The van der Waals surface area contributed by atoms with E-state index in [4.69, 9.17) is 9.84 Å². The van der Waals surface area contributed by atoms with Gasteiger partial charge in [0.05, 0.1) is 16.5 Å². The number of aryl methyl sites for hydroxylation is 2. The zero-order valence-electron chi connectivity index (χ0n) is 17.2. The number of ether oxygens (including phenoxy) is 1. The molecule has 11 heteroatoms. The third-order valence-corrected chi connectivity index (χ3v) is 5.24. The number of nitrogens with zero attached hydrogens (tertiary/aromatic N) is 2. The Bertz CT molecular complexity index is 835. The lowest BCUT2D eigenvalue weighted by molar-refractivity contribution is -0.385. The summed E-state index contributed by atoms with van der Waals surface area (Å²) in [6.45, 7) is 3.90. The number of aromatic hydroxyl groups is 1. The van der Waals surface area contributed by atoms with Gasteiger partial charge in [-0.1, -0.05) is 47.8 Å². The molecular weight excluding hydrogens is 604 g/mol. The number of phenolic OH excluding ortho intramolecular Hbond substituents is 1. The van der Waals surface area contributed by atoms with Crippen LogP contribution in [0.5, 0.6) is 11.5 Å². The van der Waals surface area contributed by atoms with Crippen molar-refractivity contribution in [1.82, 2.24) is 0 Å². The number of phenols is 1. The number of hydrogen-bond acceptors (Lipinski definition) is 6. The highest BCUT2D eigenvalue weighted by molar-refractivity contribution is 9.09. The Morgan fingerprint density at radius 1 is 0.839 bits per heavy atom. The van der Waals surface area contributed by atoms with E-state index in [0.717, 1.165) is 22.4 Å².